The molecule has 1 aromatic rings. The van der Waals surface area contributed by atoms with E-state index >= 15 is 0 Å². The van der Waals surface area contributed by atoms with E-state index in [1.54, 1.807) is 0 Å². The Labute approximate surface area is 114 Å². The van der Waals surface area contributed by atoms with Crippen molar-refractivity contribution in [2.24, 2.45) is 5.73 Å². The second kappa shape index (κ2) is 5.91. The number of nitrogens with two attached hydrogens (primary N) is 1. The van der Waals surface area contributed by atoms with E-state index in [2.05, 4.69) is 11.0 Å². The topological polar surface area (TPSA) is 49.5 Å². The highest BCUT2D eigenvalue weighted by Crippen LogP contribution is 2.30. The van der Waals surface area contributed by atoms with E-state index in [0.717, 1.165) is 24.2 Å². The Balaban J connectivity index is 2.24. The molecule has 1 fully saturated rings. The van der Waals surface area contributed by atoms with E-state index in [1.165, 1.54) is 12.8 Å². The van der Waals surface area contributed by atoms with Crippen LogP contribution in [-0.2, 0) is 0 Å². The van der Waals surface area contributed by atoms with Crippen molar-refractivity contribution in [3.63, 3.8) is 0 Å². The minimum atomic E-state index is -0.0541. The maximum Gasteiger partial charge on any atom is 0.0635 e. The van der Waals surface area contributed by atoms with Gasteiger partial charge in [-0.25, -0.2) is 0 Å². The molecule has 0 aliphatic carbocycles. The first kappa shape index (κ1) is 13.7. The average molecular weight is 269 g/mol. The summed E-state index contributed by atoms with van der Waals surface area (Å²) >= 11 is 6.27. The predicted molar refractivity (Wildman–Crippen MR) is 76.1 cm³/mol. The summed E-state index contributed by atoms with van der Waals surface area (Å²) in [6.07, 6.45) is 3.40. The summed E-state index contributed by atoms with van der Waals surface area (Å²) in [7, 11) is 0. The van der Waals surface area contributed by atoms with Crippen LogP contribution in [0, 0.1) is 0 Å². The number of hydrogen-bond donors (Lipinski definition) is 2. The van der Waals surface area contributed by atoms with E-state index in [9.17, 15) is 5.11 Å². The van der Waals surface area contributed by atoms with Gasteiger partial charge in [-0.15, -0.1) is 0 Å². The van der Waals surface area contributed by atoms with Gasteiger partial charge in [-0.3, -0.25) is 0 Å². The van der Waals surface area contributed by atoms with E-state index < -0.39 is 0 Å². The third-order valence-corrected chi connectivity index (χ3v) is 3.97. The number of rotatable bonds is 3. The third-order valence-electron chi connectivity index (χ3n) is 3.64. The van der Waals surface area contributed by atoms with Gasteiger partial charge in [0.25, 0.3) is 0 Å². The van der Waals surface area contributed by atoms with Gasteiger partial charge in [0.1, 0.15) is 0 Å². The monoisotopic (exact) mass is 268 g/mol. The first-order chi connectivity index (χ1) is 8.63. The lowest BCUT2D eigenvalue weighted by molar-refractivity contribution is 0.240. The van der Waals surface area contributed by atoms with Crippen molar-refractivity contribution in [2.75, 3.05) is 18.1 Å². The van der Waals surface area contributed by atoms with Crippen LogP contribution in [-0.4, -0.2) is 24.3 Å². The summed E-state index contributed by atoms with van der Waals surface area (Å²) in [6, 6.07) is 6.18. The van der Waals surface area contributed by atoms with Gasteiger partial charge in [-0.1, -0.05) is 17.7 Å². The molecule has 4 heteroatoms. The lowest BCUT2D eigenvalue weighted by Crippen LogP contribution is -2.41. The van der Waals surface area contributed by atoms with E-state index in [0.29, 0.717) is 5.02 Å². The standard InChI is InChI=1S/C14H21ClN2O/c1-10(16)13-6-5-11(8-14(13)15)17-7-3-2-4-12(17)9-18/h5-6,8,10,12,18H,2-4,7,9,16H2,1H3. The zero-order chi connectivity index (χ0) is 13.1. The number of aliphatic hydroxyl groups excluding tert-OH is 1. The lowest BCUT2D eigenvalue weighted by atomic mass is 10.0. The lowest BCUT2D eigenvalue weighted by Gasteiger charge is -2.36. The second-order valence-electron chi connectivity index (χ2n) is 5.02. The zero-order valence-corrected chi connectivity index (χ0v) is 11.5. The maximum absolute atomic E-state index is 9.44. The van der Waals surface area contributed by atoms with Crippen molar-refractivity contribution in [3.8, 4) is 0 Å². The fourth-order valence-electron chi connectivity index (χ4n) is 2.59. The maximum atomic E-state index is 9.44. The molecule has 1 aliphatic heterocycles. The molecule has 0 radical (unpaired) electrons. The third kappa shape index (κ3) is 2.79. The largest absolute Gasteiger partial charge is 0.394 e. The Kier molecular flexibility index (Phi) is 4.49. The molecule has 18 heavy (non-hydrogen) atoms. The van der Waals surface area contributed by atoms with Crippen molar-refractivity contribution in [3.05, 3.63) is 28.8 Å². The highest BCUT2D eigenvalue weighted by atomic mass is 35.5. The Bertz CT molecular complexity index is 409. The number of halogens is 1. The Morgan fingerprint density at radius 3 is 2.89 bits per heavy atom. The van der Waals surface area contributed by atoms with Crippen LogP contribution in [0.5, 0.6) is 0 Å². The Hall–Kier alpha value is -0.770. The summed E-state index contributed by atoms with van der Waals surface area (Å²) in [6.45, 7) is 3.12. The number of aliphatic hydroxyl groups is 1. The summed E-state index contributed by atoms with van der Waals surface area (Å²) in [4.78, 5) is 2.25. The minimum Gasteiger partial charge on any atom is -0.394 e. The van der Waals surface area contributed by atoms with Crippen molar-refractivity contribution in [1.82, 2.24) is 0 Å². The Morgan fingerprint density at radius 2 is 2.28 bits per heavy atom. The molecule has 3 N–H and O–H groups in total. The van der Waals surface area contributed by atoms with Crippen LogP contribution in [0.15, 0.2) is 18.2 Å². The molecule has 2 atom stereocenters. The number of piperidine rings is 1. The van der Waals surface area contributed by atoms with Crippen LogP contribution in [0.4, 0.5) is 5.69 Å². The molecule has 3 nitrogen and oxygen atoms in total. The van der Waals surface area contributed by atoms with Crippen molar-refractivity contribution in [2.45, 2.75) is 38.3 Å². The Morgan fingerprint density at radius 1 is 1.50 bits per heavy atom. The average Bonchev–Trinajstić information content (AvgIpc) is 2.38. The molecule has 1 heterocycles. The number of nitrogens with zero attached hydrogens (tertiary/aromatic N) is 1. The molecule has 0 amide bonds. The molecule has 1 aliphatic rings. The molecule has 0 saturated carbocycles. The fourth-order valence-corrected chi connectivity index (χ4v) is 2.94. The molecule has 1 aromatic carbocycles. The van der Waals surface area contributed by atoms with Gasteiger partial charge in [-0.05, 0) is 43.9 Å². The van der Waals surface area contributed by atoms with Crippen LogP contribution < -0.4 is 10.6 Å². The van der Waals surface area contributed by atoms with Crippen molar-refractivity contribution < 1.29 is 5.11 Å². The quantitative estimate of drug-likeness (QED) is 0.886. The molecule has 0 spiro atoms. The predicted octanol–water partition coefficient (Wildman–Crippen LogP) is 2.71. The molecule has 2 rings (SSSR count). The summed E-state index contributed by atoms with van der Waals surface area (Å²) in [5.41, 5.74) is 7.92. The molecular weight excluding hydrogens is 248 g/mol. The summed E-state index contributed by atoms with van der Waals surface area (Å²) in [5, 5.41) is 10.2. The van der Waals surface area contributed by atoms with Gasteiger partial charge in [-0.2, -0.15) is 0 Å². The number of benzene rings is 1. The van der Waals surface area contributed by atoms with E-state index in [4.69, 9.17) is 17.3 Å². The molecule has 0 bridgehead atoms. The van der Waals surface area contributed by atoms with Crippen LogP contribution >= 0.6 is 11.6 Å². The van der Waals surface area contributed by atoms with Gasteiger partial charge in [0.2, 0.25) is 0 Å². The molecule has 0 aromatic heterocycles. The van der Waals surface area contributed by atoms with Gasteiger partial charge < -0.3 is 15.7 Å². The van der Waals surface area contributed by atoms with Gasteiger partial charge in [0.05, 0.1) is 12.6 Å². The molecule has 2 unspecified atom stereocenters. The van der Waals surface area contributed by atoms with Crippen molar-refractivity contribution >= 4 is 17.3 Å². The molecule has 1 saturated heterocycles. The second-order valence-corrected chi connectivity index (χ2v) is 5.43. The first-order valence-electron chi connectivity index (χ1n) is 6.56. The first-order valence-corrected chi connectivity index (χ1v) is 6.94. The number of hydrogen-bond acceptors (Lipinski definition) is 3. The normalized spacial score (nSPS) is 22.0. The van der Waals surface area contributed by atoms with Gasteiger partial charge in [0.15, 0.2) is 0 Å². The highest BCUT2D eigenvalue weighted by molar-refractivity contribution is 6.31. The highest BCUT2D eigenvalue weighted by Gasteiger charge is 2.22. The van der Waals surface area contributed by atoms with Crippen LogP contribution in [0.3, 0.4) is 0 Å². The number of anilines is 1. The van der Waals surface area contributed by atoms with Gasteiger partial charge >= 0.3 is 0 Å². The van der Waals surface area contributed by atoms with E-state index in [1.807, 2.05) is 19.1 Å². The van der Waals surface area contributed by atoms with Crippen LogP contribution in [0.25, 0.3) is 0 Å². The summed E-state index contributed by atoms with van der Waals surface area (Å²) < 4.78 is 0. The van der Waals surface area contributed by atoms with Crippen LogP contribution in [0.1, 0.15) is 37.8 Å². The minimum absolute atomic E-state index is 0.0541. The smallest absolute Gasteiger partial charge is 0.0635 e. The van der Waals surface area contributed by atoms with Gasteiger partial charge in [0, 0.05) is 23.3 Å². The zero-order valence-electron chi connectivity index (χ0n) is 10.8. The molecular formula is C14H21ClN2O. The molecule has 100 valence electrons. The summed E-state index contributed by atoms with van der Waals surface area (Å²) in [5.74, 6) is 0. The van der Waals surface area contributed by atoms with Crippen molar-refractivity contribution in [1.29, 1.82) is 0 Å². The SMILES string of the molecule is CC(N)c1ccc(N2CCCCC2CO)cc1Cl. The van der Waals surface area contributed by atoms with E-state index in [-0.39, 0.29) is 18.7 Å². The van der Waals surface area contributed by atoms with Crippen LogP contribution in [0.2, 0.25) is 5.02 Å². The fraction of sp³-hybridized carbons (Fsp3) is 0.571.